The number of amides is 3. The van der Waals surface area contributed by atoms with Crippen LogP contribution in [-0.2, 0) is 7.05 Å². The molecule has 11 nitrogen and oxygen atoms in total. The molecule has 3 aromatic rings. The predicted molar refractivity (Wildman–Crippen MR) is 121 cm³/mol. The molecule has 0 unspecified atom stereocenters. The van der Waals surface area contributed by atoms with Crippen LogP contribution in [0.2, 0.25) is 0 Å². The van der Waals surface area contributed by atoms with Crippen molar-refractivity contribution in [2.45, 2.75) is 25.4 Å². The second-order valence-electron chi connectivity index (χ2n) is 9.27. The van der Waals surface area contributed by atoms with Crippen molar-refractivity contribution >= 4 is 34.6 Å². The van der Waals surface area contributed by atoms with Gasteiger partial charge < -0.3 is 30.0 Å². The monoisotopic (exact) mass is 450 g/mol. The van der Waals surface area contributed by atoms with Crippen LogP contribution in [0, 0.1) is 0 Å². The lowest BCUT2D eigenvalue weighted by Gasteiger charge is -2.46. The number of hydrogen-bond donors (Lipinski definition) is 3. The second kappa shape index (κ2) is 7.41. The molecule has 0 aromatic carbocycles. The molecule has 172 valence electrons. The molecule has 0 bridgehead atoms. The van der Waals surface area contributed by atoms with E-state index in [1.807, 2.05) is 25.5 Å². The van der Waals surface area contributed by atoms with Crippen LogP contribution < -0.4 is 16.0 Å². The van der Waals surface area contributed by atoms with Crippen LogP contribution in [0.5, 0.6) is 0 Å². The number of carbonyl (C=O) groups excluding carboxylic acids is 3. The van der Waals surface area contributed by atoms with Crippen molar-refractivity contribution in [3.8, 4) is 0 Å². The minimum Gasteiger partial charge on any atom is -0.349 e. The third-order valence-corrected chi connectivity index (χ3v) is 6.12. The molecule has 0 aliphatic carbocycles. The van der Waals surface area contributed by atoms with Crippen molar-refractivity contribution in [2.75, 3.05) is 32.0 Å². The summed E-state index contributed by atoms with van der Waals surface area (Å²) in [6.45, 7) is 6.01. The van der Waals surface area contributed by atoms with E-state index in [2.05, 4.69) is 30.8 Å². The molecule has 1 atom stereocenters. The lowest BCUT2D eigenvalue weighted by atomic mass is 9.93. The van der Waals surface area contributed by atoms with Crippen molar-refractivity contribution in [1.82, 2.24) is 34.6 Å². The Morgan fingerprint density at radius 1 is 1.18 bits per heavy atom. The standard InChI is InChI=1S/C22H26N8O3/c1-12-8-23-20(32)15-7-13-5-6-14(24-17(13)30(12)15)19(31)26-16-9-29(4)18(25-16)21(33)27-22(2)10-28(3)11-22/h5-7,9,12H,8,10-11H2,1-4H3,(H,23,32)(H,26,31)(H,27,33)/t12-/m1/s1. The quantitative estimate of drug-likeness (QED) is 0.539. The van der Waals surface area contributed by atoms with Crippen LogP contribution >= 0.6 is 0 Å². The highest BCUT2D eigenvalue weighted by atomic mass is 16.2. The Morgan fingerprint density at radius 3 is 2.67 bits per heavy atom. The van der Waals surface area contributed by atoms with E-state index in [1.54, 1.807) is 36.0 Å². The topological polar surface area (TPSA) is 126 Å². The van der Waals surface area contributed by atoms with Gasteiger partial charge in [-0.3, -0.25) is 14.4 Å². The van der Waals surface area contributed by atoms with Gasteiger partial charge in [0.15, 0.2) is 5.82 Å². The van der Waals surface area contributed by atoms with Crippen LogP contribution in [0.15, 0.2) is 24.4 Å². The number of fused-ring (bicyclic) bond motifs is 3. The normalized spacial score (nSPS) is 19.5. The maximum atomic E-state index is 12.9. The third-order valence-electron chi connectivity index (χ3n) is 6.12. The van der Waals surface area contributed by atoms with Crippen LogP contribution in [0.3, 0.4) is 0 Å². The van der Waals surface area contributed by atoms with Gasteiger partial charge in [-0.2, -0.15) is 0 Å². The summed E-state index contributed by atoms with van der Waals surface area (Å²) in [6, 6.07) is 5.18. The number of nitrogens with one attached hydrogen (secondary N) is 3. The molecule has 33 heavy (non-hydrogen) atoms. The predicted octanol–water partition coefficient (Wildman–Crippen LogP) is 0.760. The molecule has 11 heteroatoms. The maximum absolute atomic E-state index is 12.9. The Kier molecular flexibility index (Phi) is 4.74. The van der Waals surface area contributed by atoms with Gasteiger partial charge in [0.1, 0.15) is 17.0 Å². The highest BCUT2D eigenvalue weighted by Crippen LogP contribution is 2.26. The van der Waals surface area contributed by atoms with Crippen molar-refractivity contribution in [2.24, 2.45) is 7.05 Å². The van der Waals surface area contributed by atoms with Crippen LogP contribution in [0.1, 0.15) is 51.5 Å². The summed E-state index contributed by atoms with van der Waals surface area (Å²) in [5.41, 5.74) is 1.02. The van der Waals surface area contributed by atoms with Gasteiger partial charge in [0.05, 0.1) is 11.6 Å². The zero-order valence-corrected chi connectivity index (χ0v) is 19.0. The van der Waals surface area contributed by atoms with Crippen molar-refractivity contribution in [3.05, 3.63) is 41.6 Å². The molecule has 5 heterocycles. The summed E-state index contributed by atoms with van der Waals surface area (Å²) in [7, 11) is 3.70. The summed E-state index contributed by atoms with van der Waals surface area (Å²) in [5, 5.41) is 9.36. The summed E-state index contributed by atoms with van der Waals surface area (Å²) >= 11 is 0. The molecule has 0 radical (unpaired) electrons. The van der Waals surface area contributed by atoms with E-state index in [-0.39, 0.29) is 40.7 Å². The number of likely N-dealkylation sites (tertiary alicyclic amines) is 1. The van der Waals surface area contributed by atoms with Gasteiger partial charge in [0.2, 0.25) is 5.82 Å². The fourth-order valence-corrected chi connectivity index (χ4v) is 4.74. The number of pyridine rings is 1. The number of carbonyl (C=O) groups is 3. The Bertz CT molecular complexity index is 1300. The van der Waals surface area contributed by atoms with E-state index >= 15 is 0 Å². The second-order valence-corrected chi connectivity index (χ2v) is 9.27. The van der Waals surface area contributed by atoms with Crippen molar-refractivity contribution in [1.29, 1.82) is 0 Å². The average molecular weight is 451 g/mol. The highest BCUT2D eigenvalue weighted by molar-refractivity contribution is 6.05. The minimum atomic E-state index is -0.446. The van der Waals surface area contributed by atoms with Gasteiger partial charge in [0.25, 0.3) is 17.7 Å². The van der Waals surface area contributed by atoms with Gasteiger partial charge in [0, 0.05) is 38.3 Å². The van der Waals surface area contributed by atoms with Crippen molar-refractivity contribution in [3.63, 3.8) is 0 Å². The van der Waals surface area contributed by atoms with E-state index < -0.39 is 5.91 Å². The minimum absolute atomic E-state index is 0.0233. The Morgan fingerprint density at radius 2 is 1.94 bits per heavy atom. The number of hydrogen-bond acceptors (Lipinski definition) is 6. The third kappa shape index (κ3) is 3.63. The molecule has 1 fully saturated rings. The first-order valence-electron chi connectivity index (χ1n) is 10.8. The number of aromatic nitrogens is 4. The highest BCUT2D eigenvalue weighted by Gasteiger charge is 2.38. The Balaban J connectivity index is 1.36. The lowest BCUT2D eigenvalue weighted by molar-refractivity contribution is 0.0604. The molecule has 2 aliphatic heterocycles. The van der Waals surface area contributed by atoms with E-state index in [9.17, 15) is 14.4 Å². The van der Waals surface area contributed by atoms with Crippen molar-refractivity contribution < 1.29 is 14.4 Å². The summed E-state index contributed by atoms with van der Waals surface area (Å²) in [5.74, 6) is -0.419. The van der Waals surface area contributed by atoms with Gasteiger partial charge in [-0.05, 0) is 39.1 Å². The van der Waals surface area contributed by atoms with Gasteiger partial charge in [-0.25, -0.2) is 9.97 Å². The van der Waals surface area contributed by atoms with Crippen LogP contribution in [0.25, 0.3) is 11.0 Å². The average Bonchev–Trinajstić information content (AvgIpc) is 3.30. The van der Waals surface area contributed by atoms with Gasteiger partial charge in [-0.15, -0.1) is 0 Å². The van der Waals surface area contributed by atoms with Gasteiger partial charge in [-0.1, -0.05) is 0 Å². The molecule has 0 spiro atoms. The molecule has 3 amide bonds. The zero-order chi connectivity index (χ0) is 23.5. The summed E-state index contributed by atoms with van der Waals surface area (Å²) in [6.07, 6.45) is 1.59. The van der Waals surface area contributed by atoms with Crippen LogP contribution in [-0.4, -0.2) is 73.9 Å². The largest absolute Gasteiger partial charge is 0.349 e. The molecule has 1 saturated heterocycles. The number of rotatable bonds is 4. The fraction of sp³-hybridized carbons (Fsp3) is 0.409. The molecule has 3 aromatic heterocycles. The smallest absolute Gasteiger partial charge is 0.287 e. The first-order chi connectivity index (χ1) is 15.6. The number of likely N-dealkylation sites (N-methyl/N-ethyl adjacent to an activating group) is 1. The van der Waals surface area contributed by atoms with E-state index in [0.717, 1.165) is 18.5 Å². The number of anilines is 1. The molecular formula is C22H26N8O3. The van der Waals surface area contributed by atoms with Gasteiger partial charge >= 0.3 is 0 Å². The first kappa shape index (κ1) is 21.1. The zero-order valence-electron chi connectivity index (χ0n) is 19.0. The molecule has 3 N–H and O–H groups in total. The van der Waals surface area contributed by atoms with Crippen LogP contribution in [0.4, 0.5) is 5.82 Å². The summed E-state index contributed by atoms with van der Waals surface area (Å²) in [4.78, 5) is 48.7. The first-order valence-corrected chi connectivity index (χ1v) is 10.8. The molecule has 2 aliphatic rings. The number of aryl methyl sites for hydroxylation is 1. The SMILES string of the molecule is C[C@@H]1CNC(=O)c2cc3ccc(C(=O)Nc4cn(C)c(C(=O)NC5(C)CN(C)C5)n4)nc3n21. The Labute approximate surface area is 190 Å². The van der Waals surface area contributed by atoms with E-state index in [0.29, 0.717) is 17.9 Å². The fourth-order valence-electron chi connectivity index (χ4n) is 4.74. The summed E-state index contributed by atoms with van der Waals surface area (Å²) < 4.78 is 3.43. The van der Waals surface area contributed by atoms with E-state index in [1.165, 1.54) is 0 Å². The molecular weight excluding hydrogens is 424 g/mol. The van der Waals surface area contributed by atoms with E-state index in [4.69, 9.17) is 0 Å². The number of imidazole rings is 1. The Hall–Kier alpha value is -3.73. The number of nitrogens with zero attached hydrogens (tertiary/aromatic N) is 5. The molecule has 5 rings (SSSR count). The maximum Gasteiger partial charge on any atom is 0.287 e. The lowest BCUT2D eigenvalue weighted by Crippen LogP contribution is -2.67. The molecule has 0 saturated carbocycles.